The maximum atomic E-state index is 11.8. The van der Waals surface area contributed by atoms with E-state index in [0.717, 1.165) is 43.0 Å². The summed E-state index contributed by atoms with van der Waals surface area (Å²) in [4.78, 5) is 15.7. The number of carbonyl (C=O) groups excluding carboxylic acids is 1. The van der Waals surface area contributed by atoms with Crippen LogP contribution in [0, 0.1) is 0 Å². The third-order valence-corrected chi connectivity index (χ3v) is 4.43. The molecule has 1 aromatic heterocycles. The number of nitrogens with zero attached hydrogens (tertiary/aromatic N) is 2. The fraction of sp³-hybridized carbons (Fsp3) is 0.421. The minimum absolute atomic E-state index is 0.0422. The second kappa shape index (κ2) is 7.53. The summed E-state index contributed by atoms with van der Waals surface area (Å²) in [5.41, 5.74) is 1.10. The van der Waals surface area contributed by atoms with Crippen molar-refractivity contribution in [3.05, 3.63) is 54.0 Å². The van der Waals surface area contributed by atoms with Gasteiger partial charge in [-0.2, -0.15) is 0 Å². The van der Waals surface area contributed by atoms with Gasteiger partial charge in [0.2, 0.25) is 0 Å². The number of likely N-dealkylation sites (N-methyl/N-ethyl adjacent to an activating group) is 1. The van der Waals surface area contributed by atoms with Gasteiger partial charge in [0, 0.05) is 26.2 Å². The molecule has 0 saturated carbocycles. The molecule has 1 aliphatic rings. The zero-order valence-corrected chi connectivity index (χ0v) is 14.3. The van der Waals surface area contributed by atoms with E-state index in [1.54, 1.807) is 20.4 Å². The zero-order valence-electron chi connectivity index (χ0n) is 14.3. The van der Waals surface area contributed by atoms with Crippen molar-refractivity contribution in [3.63, 3.8) is 0 Å². The highest BCUT2D eigenvalue weighted by atomic mass is 16.5. The van der Waals surface area contributed by atoms with Crippen LogP contribution in [0.5, 0.6) is 5.75 Å². The van der Waals surface area contributed by atoms with Crippen LogP contribution in [0.2, 0.25) is 0 Å². The van der Waals surface area contributed by atoms with Gasteiger partial charge in [-0.1, -0.05) is 18.2 Å². The van der Waals surface area contributed by atoms with Crippen molar-refractivity contribution in [2.45, 2.75) is 25.4 Å². The van der Waals surface area contributed by atoms with Crippen molar-refractivity contribution in [1.29, 1.82) is 0 Å². The summed E-state index contributed by atoms with van der Waals surface area (Å²) < 4.78 is 11.4. The number of furan rings is 1. The van der Waals surface area contributed by atoms with E-state index >= 15 is 0 Å². The average molecular weight is 328 g/mol. The molecule has 1 atom stereocenters. The fourth-order valence-corrected chi connectivity index (χ4v) is 3.08. The van der Waals surface area contributed by atoms with E-state index in [1.807, 2.05) is 30.3 Å². The number of ether oxygens (including phenoxy) is 1. The summed E-state index contributed by atoms with van der Waals surface area (Å²) in [6.45, 7) is 1.89. The van der Waals surface area contributed by atoms with Crippen LogP contribution in [-0.4, -0.2) is 43.0 Å². The minimum Gasteiger partial charge on any atom is -0.483 e. The van der Waals surface area contributed by atoms with Gasteiger partial charge in [-0.25, -0.2) is 0 Å². The number of likely N-dealkylation sites (tertiary alicyclic amines) is 1. The molecule has 5 heteroatoms. The summed E-state index contributed by atoms with van der Waals surface area (Å²) in [7, 11) is 3.46. The Morgan fingerprint density at radius 2 is 2.12 bits per heavy atom. The molecule has 0 unspecified atom stereocenters. The molecule has 0 bridgehead atoms. The van der Waals surface area contributed by atoms with Crippen LogP contribution in [0.25, 0.3) is 0 Å². The van der Waals surface area contributed by atoms with Gasteiger partial charge < -0.3 is 14.1 Å². The number of hydrogen-bond acceptors (Lipinski definition) is 4. The van der Waals surface area contributed by atoms with Crippen LogP contribution in [-0.2, 0) is 11.3 Å². The van der Waals surface area contributed by atoms with E-state index in [1.165, 1.54) is 4.90 Å². The maximum Gasteiger partial charge on any atom is 0.259 e. The van der Waals surface area contributed by atoms with Gasteiger partial charge in [0.15, 0.2) is 6.61 Å². The van der Waals surface area contributed by atoms with E-state index in [0.29, 0.717) is 6.04 Å². The van der Waals surface area contributed by atoms with Crippen molar-refractivity contribution in [2.75, 3.05) is 27.2 Å². The maximum absolute atomic E-state index is 11.8. The van der Waals surface area contributed by atoms with Crippen molar-refractivity contribution in [1.82, 2.24) is 9.80 Å². The molecule has 3 rings (SSSR count). The molecular weight excluding hydrogens is 304 g/mol. The third-order valence-electron chi connectivity index (χ3n) is 4.43. The third kappa shape index (κ3) is 3.79. The summed E-state index contributed by atoms with van der Waals surface area (Å²) in [6.07, 6.45) is 4.00. The molecule has 1 fully saturated rings. The van der Waals surface area contributed by atoms with Crippen LogP contribution in [0.15, 0.2) is 47.1 Å². The van der Waals surface area contributed by atoms with Gasteiger partial charge >= 0.3 is 0 Å². The minimum atomic E-state index is -0.0422. The largest absolute Gasteiger partial charge is 0.483 e. The van der Waals surface area contributed by atoms with Crippen LogP contribution in [0.3, 0.4) is 0 Å². The summed E-state index contributed by atoms with van der Waals surface area (Å²) >= 11 is 0. The molecule has 1 saturated heterocycles. The highest BCUT2D eigenvalue weighted by molar-refractivity contribution is 5.77. The number of para-hydroxylation sites is 1. The first-order valence-electron chi connectivity index (χ1n) is 8.33. The van der Waals surface area contributed by atoms with E-state index in [2.05, 4.69) is 11.0 Å². The fourth-order valence-electron chi connectivity index (χ4n) is 3.08. The molecule has 0 spiro atoms. The van der Waals surface area contributed by atoms with Crippen LogP contribution < -0.4 is 4.74 Å². The molecule has 0 radical (unpaired) electrons. The first-order chi connectivity index (χ1) is 11.6. The molecule has 0 aliphatic carbocycles. The number of benzene rings is 1. The number of amides is 1. The predicted molar refractivity (Wildman–Crippen MR) is 91.7 cm³/mol. The van der Waals surface area contributed by atoms with Crippen molar-refractivity contribution in [3.8, 4) is 5.75 Å². The molecular formula is C19H24N2O3. The number of rotatable bonds is 6. The standard InChI is InChI=1S/C19H24N2O3/c1-20(2)19(22)14-24-17-9-4-3-7-15(17)13-21-11-5-8-16(21)18-10-6-12-23-18/h3-4,6-7,9-10,12,16H,5,8,11,13-14H2,1-2H3/t16-/m0/s1. The Morgan fingerprint density at radius 3 is 2.88 bits per heavy atom. The first-order valence-corrected chi connectivity index (χ1v) is 8.33. The molecule has 2 heterocycles. The van der Waals surface area contributed by atoms with Crippen LogP contribution in [0.1, 0.15) is 30.2 Å². The van der Waals surface area contributed by atoms with Gasteiger partial charge in [0.05, 0.1) is 12.3 Å². The Hall–Kier alpha value is -2.27. The number of carbonyl (C=O) groups is 1. The molecule has 1 aliphatic heterocycles. The Balaban J connectivity index is 1.69. The predicted octanol–water partition coefficient (Wildman–Crippen LogP) is 3.08. The monoisotopic (exact) mass is 328 g/mol. The lowest BCUT2D eigenvalue weighted by Gasteiger charge is -2.24. The van der Waals surface area contributed by atoms with Crippen molar-refractivity contribution < 1.29 is 13.9 Å². The van der Waals surface area contributed by atoms with Gasteiger partial charge in [-0.3, -0.25) is 9.69 Å². The lowest BCUT2D eigenvalue weighted by Crippen LogP contribution is -2.28. The lowest BCUT2D eigenvalue weighted by molar-refractivity contribution is -0.130. The van der Waals surface area contributed by atoms with Crippen LogP contribution >= 0.6 is 0 Å². The second-order valence-corrected chi connectivity index (χ2v) is 6.33. The van der Waals surface area contributed by atoms with Gasteiger partial charge in [-0.15, -0.1) is 0 Å². The van der Waals surface area contributed by atoms with Crippen molar-refractivity contribution >= 4 is 5.91 Å². The topological polar surface area (TPSA) is 45.9 Å². The van der Waals surface area contributed by atoms with Gasteiger partial charge in [-0.05, 0) is 37.6 Å². The number of hydrogen-bond donors (Lipinski definition) is 0. The Labute approximate surface area is 142 Å². The normalized spacial score (nSPS) is 17.8. The Kier molecular flexibility index (Phi) is 5.20. The van der Waals surface area contributed by atoms with Gasteiger partial charge in [0.1, 0.15) is 11.5 Å². The quantitative estimate of drug-likeness (QED) is 0.817. The molecule has 1 aromatic carbocycles. The average Bonchev–Trinajstić information content (AvgIpc) is 3.24. The molecule has 1 amide bonds. The van der Waals surface area contributed by atoms with Gasteiger partial charge in [0.25, 0.3) is 5.91 Å². The summed E-state index contributed by atoms with van der Waals surface area (Å²) in [5.74, 6) is 1.76. The van der Waals surface area contributed by atoms with E-state index in [-0.39, 0.29) is 12.5 Å². The SMILES string of the molecule is CN(C)C(=O)COc1ccccc1CN1CCC[C@H]1c1ccco1. The van der Waals surface area contributed by atoms with E-state index in [9.17, 15) is 4.79 Å². The molecule has 2 aromatic rings. The summed E-state index contributed by atoms with van der Waals surface area (Å²) in [6, 6.07) is 12.2. The van der Waals surface area contributed by atoms with Crippen LogP contribution in [0.4, 0.5) is 0 Å². The lowest BCUT2D eigenvalue weighted by atomic mass is 10.1. The first kappa shape index (κ1) is 16.6. The van der Waals surface area contributed by atoms with Crippen molar-refractivity contribution in [2.24, 2.45) is 0 Å². The Morgan fingerprint density at radius 1 is 1.29 bits per heavy atom. The van der Waals surface area contributed by atoms with E-state index < -0.39 is 0 Å². The molecule has 5 nitrogen and oxygen atoms in total. The Bertz CT molecular complexity index is 667. The van der Waals surface area contributed by atoms with E-state index in [4.69, 9.17) is 9.15 Å². The smallest absolute Gasteiger partial charge is 0.259 e. The highest BCUT2D eigenvalue weighted by Crippen LogP contribution is 2.34. The highest BCUT2D eigenvalue weighted by Gasteiger charge is 2.28. The molecule has 24 heavy (non-hydrogen) atoms. The molecule has 128 valence electrons. The molecule has 0 N–H and O–H groups in total. The zero-order chi connectivity index (χ0) is 16.9. The second-order valence-electron chi connectivity index (χ2n) is 6.33. The summed E-state index contributed by atoms with van der Waals surface area (Å²) in [5, 5.41) is 0.